The minimum atomic E-state index is -0.720. The molecule has 0 radical (unpaired) electrons. The van der Waals surface area contributed by atoms with E-state index in [2.05, 4.69) is 15.0 Å². The summed E-state index contributed by atoms with van der Waals surface area (Å²) >= 11 is 0. The third-order valence-electron chi connectivity index (χ3n) is 7.36. The lowest BCUT2D eigenvalue weighted by Gasteiger charge is -2.27. The average Bonchev–Trinajstić information content (AvgIpc) is 3.35. The molecule has 0 spiro atoms. The number of nitriles is 1. The predicted octanol–water partition coefficient (Wildman–Crippen LogP) is 5.53. The molecule has 1 saturated heterocycles. The van der Waals surface area contributed by atoms with E-state index in [-0.39, 0.29) is 53.1 Å². The van der Waals surface area contributed by atoms with E-state index in [4.69, 9.17) is 19.5 Å². The summed E-state index contributed by atoms with van der Waals surface area (Å²) in [6, 6.07) is 14.2. The third-order valence-corrected chi connectivity index (χ3v) is 7.36. The smallest absolute Gasteiger partial charge is 0.337 e. The first-order valence-corrected chi connectivity index (χ1v) is 13.6. The van der Waals surface area contributed by atoms with Crippen LogP contribution in [0, 0.1) is 28.8 Å². The molecule has 1 unspecified atom stereocenters. The van der Waals surface area contributed by atoms with Crippen LogP contribution in [0.2, 0.25) is 0 Å². The zero-order chi connectivity index (χ0) is 30.8. The highest BCUT2D eigenvalue weighted by Gasteiger charge is 2.24. The van der Waals surface area contributed by atoms with Gasteiger partial charge in [-0.3, -0.25) is 0 Å². The van der Waals surface area contributed by atoms with Crippen molar-refractivity contribution in [3.8, 4) is 23.3 Å². The first kappa shape index (κ1) is 28.8. The highest BCUT2D eigenvalue weighted by molar-refractivity contribution is 5.93. The fraction of sp³-hybridized carbons (Fsp3) is 0.219. The van der Waals surface area contributed by atoms with Crippen LogP contribution in [0.15, 0.2) is 60.8 Å². The minimum absolute atomic E-state index is 0.0215. The molecule has 5 aromatic rings. The molecule has 3 heterocycles. The van der Waals surface area contributed by atoms with Crippen molar-refractivity contribution in [1.82, 2.24) is 19.5 Å². The van der Waals surface area contributed by atoms with Crippen molar-refractivity contribution in [2.45, 2.75) is 32.1 Å². The summed E-state index contributed by atoms with van der Waals surface area (Å²) in [7, 11) is 1.30. The second-order valence-electron chi connectivity index (χ2n) is 10.1. The fourth-order valence-corrected chi connectivity index (χ4v) is 4.91. The van der Waals surface area contributed by atoms with Gasteiger partial charge in [0.15, 0.2) is 0 Å². The second-order valence-corrected chi connectivity index (χ2v) is 10.1. The lowest BCUT2D eigenvalue weighted by atomic mass is 10.0. The van der Waals surface area contributed by atoms with Gasteiger partial charge in [0, 0.05) is 30.4 Å². The fourth-order valence-electron chi connectivity index (χ4n) is 4.91. The van der Waals surface area contributed by atoms with Gasteiger partial charge >= 0.3 is 12.0 Å². The summed E-state index contributed by atoms with van der Waals surface area (Å²) in [4.78, 5) is 24.9. The summed E-state index contributed by atoms with van der Waals surface area (Å²) in [6.07, 6.45) is 2.10. The van der Waals surface area contributed by atoms with Crippen LogP contribution in [-0.4, -0.2) is 45.3 Å². The third kappa shape index (κ3) is 5.82. The van der Waals surface area contributed by atoms with Gasteiger partial charge in [0.05, 0.1) is 53.7 Å². The van der Waals surface area contributed by atoms with Crippen LogP contribution in [0.1, 0.15) is 39.3 Å². The van der Waals surface area contributed by atoms with Crippen molar-refractivity contribution in [3.05, 3.63) is 106 Å². The number of halogens is 3. The van der Waals surface area contributed by atoms with Gasteiger partial charge in [-0.25, -0.2) is 27.9 Å². The van der Waals surface area contributed by atoms with Crippen molar-refractivity contribution in [2.24, 2.45) is 0 Å². The number of hydrogen-bond acceptors (Lipinski definition) is 8. The average molecular weight is 600 g/mol. The zero-order valence-electron chi connectivity index (χ0n) is 23.4. The van der Waals surface area contributed by atoms with Crippen LogP contribution in [-0.2, 0) is 29.0 Å². The van der Waals surface area contributed by atoms with E-state index in [1.807, 2.05) is 10.6 Å². The second kappa shape index (κ2) is 12.1. The van der Waals surface area contributed by atoms with Crippen LogP contribution >= 0.6 is 0 Å². The van der Waals surface area contributed by atoms with Gasteiger partial charge in [0.25, 0.3) is 0 Å². The topological polar surface area (TPSA) is 112 Å². The quantitative estimate of drug-likeness (QED) is 0.204. The molecule has 44 heavy (non-hydrogen) atoms. The summed E-state index contributed by atoms with van der Waals surface area (Å²) < 4.78 is 62.9. The molecule has 222 valence electrons. The minimum Gasteiger partial charge on any atom is -0.465 e. The van der Waals surface area contributed by atoms with Gasteiger partial charge in [-0.05, 0) is 60.5 Å². The highest BCUT2D eigenvalue weighted by atomic mass is 19.1. The van der Waals surface area contributed by atoms with E-state index in [1.54, 1.807) is 18.2 Å². The number of ether oxygens (including phenoxy) is 3. The Bertz CT molecular complexity index is 1930. The van der Waals surface area contributed by atoms with Gasteiger partial charge in [-0.2, -0.15) is 10.2 Å². The van der Waals surface area contributed by atoms with Crippen LogP contribution in [0.25, 0.3) is 22.3 Å². The number of aromatic nitrogens is 4. The number of esters is 1. The van der Waals surface area contributed by atoms with Gasteiger partial charge in [-0.15, -0.1) is 0 Å². The molecule has 1 fully saturated rings. The maximum absolute atomic E-state index is 15.5. The monoisotopic (exact) mass is 599 g/mol. The Morgan fingerprint density at radius 2 is 1.86 bits per heavy atom. The molecule has 3 aromatic carbocycles. The molecule has 0 saturated carbocycles. The zero-order valence-corrected chi connectivity index (χ0v) is 23.4. The number of rotatable bonds is 9. The van der Waals surface area contributed by atoms with Crippen LogP contribution < -0.4 is 4.74 Å². The molecule has 0 amide bonds. The Kier molecular flexibility index (Phi) is 7.95. The van der Waals surface area contributed by atoms with E-state index in [9.17, 15) is 9.18 Å². The molecule has 12 heteroatoms. The Hall–Kier alpha value is -5.28. The lowest BCUT2D eigenvalue weighted by molar-refractivity contribution is -0.0589. The van der Waals surface area contributed by atoms with E-state index < -0.39 is 23.4 Å². The highest BCUT2D eigenvalue weighted by Crippen LogP contribution is 2.29. The summed E-state index contributed by atoms with van der Waals surface area (Å²) in [5, 5.41) is 8.90. The van der Waals surface area contributed by atoms with Crippen molar-refractivity contribution >= 4 is 17.0 Å². The maximum atomic E-state index is 15.5. The first-order valence-electron chi connectivity index (χ1n) is 13.6. The number of nitrogens with zero attached hydrogens (tertiary/aromatic N) is 5. The van der Waals surface area contributed by atoms with E-state index in [0.717, 1.165) is 24.6 Å². The maximum Gasteiger partial charge on any atom is 0.337 e. The molecular weight excluding hydrogens is 575 g/mol. The van der Waals surface area contributed by atoms with Gasteiger partial charge in [0.2, 0.25) is 0 Å². The van der Waals surface area contributed by atoms with E-state index >= 15 is 8.78 Å². The van der Waals surface area contributed by atoms with E-state index in [0.29, 0.717) is 35.6 Å². The largest absolute Gasteiger partial charge is 0.465 e. The summed E-state index contributed by atoms with van der Waals surface area (Å²) in [5.74, 6) is -2.03. The van der Waals surface area contributed by atoms with Crippen molar-refractivity contribution in [3.63, 3.8) is 0 Å². The van der Waals surface area contributed by atoms with Gasteiger partial charge in [-0.1, -0.05) is 6.07 Å². The number of hydrogen-bond donors (Lipinski definition) is 0. The Balaban J connectivity index is 1.26. The lowest BCUT2D eigenvalue weighted by Crippen LogP contribution is -2.31. The number of benzene rings is 3. The predicted molar refractivity (Wildman–Crippen MR) is 151 cm³/mol. The molecule has 1 atom stereocenters. The molecule has 0 bridgehead atoms. The molecule has 0 N–H and O–H groups in total. The van der Waals surface area contributed by atoms with Crippen molar-refractivity contribution in [2.75, 3.05) is 13.7 Å². The summed E-state index contributed by atoms with van der Waals surface area (Å²) in [5.41, 5.74) is 1.99. The van der Waals surface area contributed by atoms with Crippen molar-refractivity contribution < 1.29 is 32.2 Å². The SMILES string of the molecule is COC(=O)c1ccc2nc(Cc3cc(F)c(-c4ccnc(OCc5ccc(C#N)cc5F)n4)cc3F)n(CC3CCO3)c2c1. The van der Waals surface area contributed by atoms with Gasteiger partial charge in [0.1, 0.15) is 29.9 Å². The van der Waals surface area contributed by atoms with Crippen LogP contribution in [0.5, 0.6) is 6.01 Å². The number of methoxy groups -OCH3 is 1. The Morgan fingerprint density at radius 3 is 2.59 bits per heavy atom. The molecule has 9 nitrogen and oxygen atoms in total. The standard InChI is InChI=1S/C32H24F3N5O4/c1-42-31(41)19-4-5-28-29(12-19)40(16-22-7-9-43-22)30(38-28)13-21-11-26(35)23(14-25(21)34)27-6-8-37-32(39-27)44-17-20-3-2-18(15-36)10-24(20)33/h2-6,8,10-12,14,22H,7,9,13,16-17H2,1H3. The normalized spacial score (nSPS) is 14.2. The van der Waals surface area contributed by atoms with E-state index in [1.165, 1.54) is 31.5 Å². The summed E-state index contributed by atoms with van der Waals surface area (Å²) in [6.45, 7) is 0.850. The molecule has 2 aromatic heterocycles. The van der Waals surface area contributed by atoms with Crippen LogP contribution in [0.3, 0.4) is 0 Å². The molecule has 1 aliphatic heterocycles. The van der Waals surface area contributed by atoms with Crippen molar-refractivity contribution in [1.29, 1.82) is 5.26 Å². The first-order chi connectivity index (χ1) is 21.3. The molecular formula is C32H24F3N5O4. The molecule has 1 aliphatic rings. The Morgan fingerprint density at radius 1 is 1.05 bits per heavy atom. The number of fused-ring (bicyclic) bond motifs is 1. The number of carbonyl (C=O) groups excluding carboxylic acids is 1. The number of carbonyl (C=O) groups is 1. The molecule has 6 rings (SSSR count). The Labute approximate surface area is 249 Å². The van der Waals surface area contributed by atoms with Gasteiger partial charge < -0.3 is 18.8 Å². The van der Waals surface area contributed by atoms with Crippen LogP contribution in [0.4, 0.5) is 13.2 Å². The molecule has 0 aliphatic carbocycles. The number of imidazole rings is 1.